The molecule has 0 aromatic heterocycles. The van der Waals surface area contributed by atoms with Gasteiger partial charge in [0, 0.05) is 19.6 Å². The molecule has 1 aliphatic heterocycles. The average Bonchev–Trinajstić information content (AvgIpc) is 2.53. The van der Waals surface area contributed by atoms with E-state index in [1.807, 2.05) is 18.2 Å². The van der Waals surface area contributed by atoms with Crippen molar-refractivity contribution < 1.29 is 9.53 Å². The summed E-state index contributed by atoms with van der Waals surface area (Å²) < 4.78 is 5.35. The van der Waals surface area contributed by atoms with Crippen molar-refractivity contribution in [2.24, 2.45) is 0 Å². The highest BCUT2D eigenvalue weighted by Crippen LogP contribution is 2.43. The van der Waals surface area contributed by atoms with Gasteiger partial charge in [0.15, 0.2) is 0 Å². The van der Waals surface area contributed by atoms with E-state index in [1.54, 1.807) is 0 Å². The van der Waals surface area contributed by atoms with E-state index in [9.17, 15) is 4.79 Å². The third kappa shape index (κ3) is 3.33. The van der Waals surface area contributed by atoms with Crippen LogP contribution in [0.2, 0.25) is 0 Å². The molecule has 0 radical (unpaired) electrons. The summed E-state index contributed by atoms with van der Waals surface area (Å²) in [7, 11) is 0. The molecule has 1 amide bonds. The lowest BCUT2D eigenvalue weighted by atomic mass is 9.64. The Balaban J connectivity index is 1.46. The van der Waals surface area contributed by atoms with E-state index in [1.165, 1.54) is 5.56 Å². The fourth-order valence-electron chi connectivity index (χ4n) is 3.43. The molecular weight excluding hydrogens is 276 g/mol. The first-order valence-corrected chi connectivity index (χ1v) is 8.45. The first kappa shape index (κ1) is 15.5. The minimum atomic E-state index is -0.264. The number of ether oxygens (including phenoxy) is 1. The molecule has 1 aliphatic carbocycles. The Hall–Kier alpha value is -1.39. The third-order valence-electron chi connectivity index (χ3n) is 5.01. The molecular formula is C18H26N2O2. The molecule has 1 aromatic carbocycles. The van der Waals surface area contributed by atoms with Gasteiger partial charge in [-0.15, -0.1) is 0 Å². The van der Waals surface area contributed by atoms with Crippen LogP contribution in [0.15, 0.2) is 30.3 Å². The van der Waals surface area contributed by atoms with Crippen molar-refractivity contribution in [3.8, 4) is 0 Å². The molecule has 0 bridgehead atoms. The molecule has 1 heterocycles. The zero-order chi connectivity index (χ0) is 15.3. The number of amides is 1. The topological polar surface area (TPSA) is 41.6 Å². The fraction of sp³-hybridized carbons (Fsp3) is 0.611. The van der Waals surface area contributed by atoms with Crippen molar-refractivity contribution in [2.75, 3.05) is 39.4 Å². The van der Waals surface area contributed by atoms with Gasteiger partial charge >= 0.3 is 0 Å². The summed E-state index contributed by atoms with van der Waals surface area (Å²) >= 11 is 0. The lowest BCUT2D eigenvalue weighted by molar-refractivity contribution is -0.129. The van der Waals surface area contributed by atoms with E-state index >= 15 is 0 Å². The second-order valence-corrected chi connectivity index (χ2v) is 6.37. The van der Waals surface area contributed by atoms with Crippen molar-refractivity contribution in [1.29, 1.82) is 0 Å². The Morgan fingerprint density at radius 1 is 1.18 bits per heavy atom. The maximum atomic E-state index is 12.7. The Bertz CT molecular complexity index is 479. The largest absolute Gasteiger partial charge is 0.379 e. The monoisotopic (exact) mass is 302 g/mol. The fourth-order valence-corrected chi connectivity index (χ4v) is 3.43. The number of carbonyl (C=O) groups excluding carboxylic acids is 1. The van der Waals surface area contributed by atoms with E-state index in [0.717, 1.165) is 65.1 Å². The number of nitrogens with zero attached hydrogens (tertiary/aromatic N) is 1. The highest BCUT2D eigenvalue weighted by atomic mass is 16.5. The molecule has 1 saturated carbocycles. The minimum absolute atomic E-state index is 0.215. The van der Waals surface area contributed by atoms with Crippen molar-refractivity contribution in [1.82, 2.24) is 10.2 Å². The first-order chi connectivity index (χ1) is 10.8. The molecule has 0 unspecified atom stereocenters. The Kier molecular flexibility index (Phi) is 5.11. The zero-order valence-corrected chi connectivity index (χ0v) is 13.2. The highest BCUT2D eigenvalue weighted by Gasteiger charge is 2.45. The molecule has 1 aromatic rings. The van der Waals surface area contributed by atoms with Crippen LogP contribution >= 0.6 is 0 Å². The molecule has 1 N–H and O–H groups in total. The van der Waals surface area contributed by atoms with Crippen molar-refractivity contribution in [2.45, 2.75) is 31.1 Å². The first-order valence-electron chi connectivity index (χ1n) is 8.45. The van der Waals surface area contributed by atoms with Crippen LogP contribution < -0.4 is 5.32 Å². The van der Waals surface area contributed by atoms with Gasteiger partial charge < -0.3 is 10.1 Å². The molecule has 2 fully saturated rings. The lowest BCUT2D eigenvalue weighted by Crippen LogP contribution is -2.49. The van der Waals surface area contributed by atoms with Crippen molar-refractivity contribution in [3.05, 3.63) is 35.9 Å². The van der Waals surface area contributed by atoms with Crippen LogP contribution in [0, 0.1) is 0 Å². The summed E-state index contributed by atoms with van der Waals surface area (Å²) in [6, 6.07) is 10.2. The van der Waals surface area contributed by atoms with Crippen LogP contribution in [0.5, 0.6) is 0 Å². The molecule has 2 aliphatic rings. The van der Waals surface area contributed by atoms with Crippen LogP contribution in [-0.4, -0.2) is 50.2 Å². The standard InChI is InChI=1S/C18H26N2O2/c21-17(19-10-5-11-20-12-14-22-15-13-20)18(8-4-9-18)16-6-2-1-3-7-16/h1-3,6-7H,4-5,8-15H2,(H,19,21). The molecule has 0 spiro atoms. The Morgan fingerprint density at radius 2 is 1.91 bits per heavy atom. The number of nitrogens with one attached hydrogen (secondary N) is 1. The molecule has 120 valence electrons. The van der Waals surface area contributed by atoms with Crippen LogP contribution in [0.1, 0.15) is 31.2 Å². The molecule has 22 heavy (non-hydrogen) atoms. The van der Waals surface area contributed by atoms with Crippen LogP contribution in [0.4, 0.5) is 0 Å². The highest BCUT2D eigenvalue weighted by molar-refractivity contribution is 5.89. The number of carbonyl (C=O) groups is 1. The summed E-state index contributed by atoms with van der Waals surface area (Å²) in [4.78, 5) is 15.1. The van der Waals surface area contributed by atoms with Crippen molar-refractivity contribution >= 4 is 5.91 Å². The van der Waals surface area contributed by atoms with E-state index in [0.29, 0.717) is 0 Å². The Labute approximate surface area is 132 Å². The predicted molar refractivity (Wildman–Crippen MR) is 86.9 cm³/mol. The number of morpholine rings is 1. The van der Waals surface area contributed by atoms with Gasteiger partial charge in [-0.25, -0.2) is 0 Å². The maximum Gasteiger partial charge on any atom is 0.230 e. The number of rotatable bonds is 6. The summed E-state index contributed by atoms with van der Waals surface area (Å²) in [5.74, 6) is 0.215. The minimum Gasteiger partial charge on any atom is -0.379 e. The van der Waals surface area contributed by atoms with E-state index in [-0.39, 0.29) is 11.3 Å². The molecule has 1 saturated heterocycles. The van der Waals surface area contributed by atoms with Gasteiger partial charge in [-0.2, -0.15) is 0 Å². The summed E-state index contributed by atoms with van der Waals surface area (Å²) in [6.45, 7) is 5.52. The van der Waals surface area contributed by atoms with Gasteiger partial charge in [-0.1, -0.05) is 36.8 Å². The van der Waals surface area contributed by atoms with E-state index in [2.05, 4.69) is 22.3 Å². The average molecular weight is 302 g/mol. The Morgan fingerprint density at radius 3 is 2.55 bits per heavy atom. The normalized spacial score (nSPS) is 21.1. The van der Waals surface area contributed by atoms with Gasteiger partial charge in [0.25, 0.3) is 0 Å². The smallest absolute Gasteiger partial charge is 0.230 e. The molecule has 4 heteroatoms. The van der Waals surface area contributed by atoms with Crippen LogP contribution in [0.3, 0.4) is 0 Å². The maximum absolute atomic E-state index is 12.7. The molecule has 0 atom stereocenters. The van der Waals surface area contributed by atoms with Gasteiger partial charge in [-0.3, -0.25) is 9.69 Å². The van der Waals surface area contributed by atoms with E-state index in [4.69, 9.17) is 4.74 Å². The summed E-state index contributed by atoms with van der Waals surface area (Å²) in [6.07, 6.45) is 4.12. The third-order valence-corrected chi connectivity index (χ3v) is 5.01. The van der Waals surface area contributed by atoms with Gasteiger partial charge in [0.1, 0.15) is 0 Å². The number of hydrogen-bond donors (Lipinski definition) is 1. The van der Waals surface area contributed by atoms with E-state index < -0.39 is 0 Å². The SMILES string of the molecule is O=C(NCCCN1CCOCC1)C1(c2ccccc2)CCC1. The second kappa shape index (κ2) is 7.25. The number of benzene rings is 1. The lowest BCUT2D eigenvalue weighted by Gasteiger charge is -2.40. The zero-order valence-electron chi connectivity index (χ0n) is 13.2. The van der Waals surface area contributed by atoms with Gasteiger partial charge in [0.05, 0.1) is 18.6 Å². The molecule has 3 rings (SSSR count). The van der Waals surface area contributed by atoms with Crippen LogP contribution in [-0.2, 0) is 14.9 Å². The predicted octanol–water partition coefficient (Wildman–Crippen LogP) is 1.95. The van der Waals surface area contributed by atoms with Gasteiger partial charge in [0.2, 0.25) is 5.91 Å². The van der Waals surface area contributed by atoms with Crippen molar-refractivity contribution in [3.63, 3.8) is 0 Å². The van der Waals surface area contributed by atoms with Crippen LogP contribution in [0.25, 0.3) is 0 Å². The summed E-state index contributed by atoms with van der Waals surface area (Å²) in [5.41, 5.74) is 0.909. The number of hydrogen-bond acceptors (Lipinski definition) is 3. The summed E-state index contributed by atoms with van der Waals surface area (Å²) in [5, 5.41) is 3.17. The second-order valence-electron chi connectivity index (χ2n) is 6.37. The quantitative estimate of drug-likeness (QED) is 0.817. The molecule has 4 nitrogen and oxygen atoms in total. The van der Waals surface area contributed by atoms with Gasteiger partial charge in [-0.05, 0) is 31.4 Å².